The van der Waals surface area contributed by atoms with Crippen molar-refractivity contribution in [2.45, 2.75) is 0 Å². The molecule has 3 aromatic rings. The van der Waals surface area contributed by atoms with E-state index in [1.807, 2.05) is 30.3 Å². The van der Waals surface area contributed by atoms with E-state index in [9.17, 15) is 4.79 Å². The van der Waals surface area contributed by atoms with E-state index in [0.717, 1.165) is 5.69 Å². The van der Waals surface area contributed by atoms with Crippen molar-refractivity contribution in [1.82, 2.24) is 15.0 Å². The molecule has 0 atom stereocenters. The topological polar surface area (TPSA) is 69.0 Å². The number of benzene rings is 2. The number of halogens is 1. The Hall–Kier alpha value is -2.86. The van der Waals surface area contributed by atoms with Gasteiger partial charge in [0.2, 0.25) is 0 Å². The highest BCUT2D eigenvalue weighted by atomic mass is 35.5. The maximum absolute atomic E-state index is 12.3. The van der Waals surface area contributed by atoms with Crippen LogP contribution in [0.4, 0.5) is 5.69 Å². The summed E-state index contributed by atoms with van der Waals surface area (Å²) >= 11 is 6.07. The average Bonchev–Trinajstić information content (AvgIpc) is 3.08. The Kier molecular flexibility index (Phi) is 4.25. The molecule has 0 aliphatic heterocycles. The minimum Gasteiger partial charge on any atom is -0.497 e. The fourth-order valence-electron chi connectivity index (χ4n) is 1.99. The van der Waals surface area contributed by atoms with Gasteiger partial charge in [0.15, 0.2) is 5.69 Å². The third kappa shape index (κ3) is 3.32. The second-order valence-corrected chi connectivity index (χ2v) is 5.09. The highest BCUT2D eigenvalue weighted by Crippen LogP contribution is 2.27. The number of nitrogens with one attached hydrogen (secondary N) is 1. The molecule has 0 aliphatic rings. The van der Waals surface area contributed by atoms with Gasteiger partial charge in [0, 0.05) is 6.07 Å². The van der Waals surface area contributed by atoms with Crippen LogP contribution in [0.1, 0.15) is 10.5 Å². The molecule has 0 fully saturated rings. The summed E-state index contributed by atoms with van der Waals surface area (Å²) in [6.07, 6.45) is 1.55. The van der Waals surface area contributed by atoms with Crippen LogP contribution in [-0.2, 0) is 0 Å². The predicted octanol–water partition coefficient (Wildman–Crippen LogP) is 3.18. The van der Waals surface area contributed by atoms with Crippen molar-refractivity contribution in [3.8, 4) is 11.4 Å². The van der Waals surface area contributed by atoms with Gasteiger partial charge in [-0.05, 0) is 24.3 Å². The SMILES string of the molecule is COc1ccc(Cl)c(NC(=O)c2cn(-c3ccccc3)nn2)c1. The number of carbonyl (C=O) groups excluding carboxylic acids is 1. The molecule has 0 aliphatic carbocycles. The molecular formula is C16H13ClN4O2. The lowest BCUT2D eigenvalue weighted by atomic mass is 10.3. The summed E-state index contributed by atoms with van der Waals surface area (Å²) in [5, 5.41) is 11.0. The second kappa shape index (κ2) is 6.50. The molecule has 1 N–H and O–H groups in total. The summed E-state index contributed by atoms with van der Waals surface area (Å²) < 4.78 is 6.65. The van der Waals surface area contributed by atoms with Crippen LogP contribution in [0.3, 0.4) is 0 Å². The standard InChI is InChI=1S/C16H13ClN4O2/c1-23-12-7-8-13(17)14(9-12)18-16(22)15-10-21(20-19-15)11-5-3-2-4-6-11/h2-10H,1H3,(H,18,22). The molecular weight excluding hydrogens is 316 g/mol. The molecule has 7 heteroatoms. The molecule has 0 spiro atoms. The van der Waals surface area contributed by atoms with Gasteiger partial charge in [-0.1, -0.05) is 35.0 Å². The van der Waals surface area contributed by atoms with Gasteiger partial charge >= 0.3 is 0 Å². The first kappa shape index (κ1) is 15.1. The molecule has 6 nitrogen and oxygen atoms in total. The van der Waals surface area contributed by atoms with Gasteiger partial charge in [0.1, 0.15) is 5.75 Å². The van der Waals surface area contributed by atoms with E-state index in [1.54, 1.807) is 31.5 Å². The Bertz CT molecular complexity index is 833. The Morgan fingerprint density at radius 3 is 2.74 bits per heavy atom. The zero-order valence-corrected chi connectivity index (χ0v) is 13.0. The van der Waals surface area contributed by atoms with E-state index < -0.39 is 5.91 Å². The predicted molar refractivity (Wildman–Crippen MR) is 87.3 cm³/mol. The van der Waals surface area contributed by atoms with Crippen molar-refractivity contribution >= 4 is 23.2 Å². The smallest absolute Gasteiger partial charge is 0.277 e. The average molecular weight is 329 g/mol. The van der Waals surface area contributed by atoms with Gasteiger partial charge in [0.05, 0.1) is 29.7 Å². The minimum atomic E-state index is -0.401. The number of nitrogens with zero attached hydrogens (tertiary/aromatic N) is 3. The van der Waals surface area contributed by atoms with Crippen LogP contribution in [0.15, 0.2) is 54.7 Å². The first-order chi connectivity index (χ1) is 11.2. The van der Waals surface area contributed by atoms with Crippen LogP contribution in [0.25, 0.3) is 5.69 Å². The molecule has 0 saturated heterocycles. The summed E-state index contributed by atoms with van der Waals surface area (Å²) in [5.74, 6) is 0.194. The van der Waals surface area contributed by atoms with Crippen molar-refractivity contribution in [2.24, 2.45) is 0 Å². The van der Waals surface area contributed by atoms with Gasteiger partial charge in [-0.25, -0.2) is 4.68 Å². The number of methoxy groups -OCH3 is 1. The number of aromatic nitrogens is 3. The Morgan fingerprint density at radius 1 is 1.22 bits per heavy atom. The van der Waals surface area contributed by atoms with Crippen molar-refractivity contribution < 1.29 is 9.53 Å². The van der Waals surface area contributed by atoms with E-state index in [-0.39, 0.29) is 5.69 Å². The number of anilines is 1. The molecule has 1 amide bonds. The summed E-state index contributed by atoms with van der Waals surface area (Å²) in [4.78, 5) is 12.3. The molecule has 0 bridgehead atoms. The normalized spacial score (nSPS) is 10.3. The maximum Gasteiger partial charge on any atom is 0.277 e. The molecule has 0 saturated carbocycles. The molecule has 1 aromatic heterocycles. The zero-order valence-electron chi connectivity index (χ0n) is 12.2. The molecule has 0 unspecified atom stereocenters. The van der Waals surface area contributed by atoms with Crippen molar-refractivity contribution in [3.05, 3.63) is 65.4 Å². The molecule has 23 heavy (non-hydrogen) atoms. The highest BCUT2D eigenvalue weighted by Gasteiger charge is 2.14. The molecule has 116 valence electrons. The maximum atomic E-state index is 12.3. The van der Waals surface area contributed by atoms with E-state index in [4.69, 9.17) is 16.3 Å². The van der Waals surface area contributed by atoms with Gasteiger partial charge < -0.3 is 10.1 Å². The number of para-hydroxylation sites is 1. The van der Waals surface area contributed by atoms with Crippen LogP contribution in [0.2, 0.25) is 5.02 Å². The van der Waals surface area contributed by atoms with Crippen molar-refractivity contribution in [2.75, 3.05) is 12.4 Å². The highest BCUT2D eigenvalue weighted by molar-refractivity contribution is 6.34. The minimum absolute atomic E-state index is 0.188. The fourth-order valence-corrected chi connectivity index (χ4v) is 2.15. The lowest BCUT2D eigenvalue weighted by Crippen LogP contribution is -2.12. The van der Waals surface area contributed by atoms with Crippen LogP contribution >= 0.6 is 11.6 Å². The monoisotopic (exact) mass is 328 g/mol. The van der Waals surface area contributed by atoms with Crippen LogP contribution < -0.4 is 10.1 Å². The third-order valence-corrected chi connectivity index (χ3v) is 3.50. The number of rotatable bonds is 4. The summed E-state index contributed by atoms with van der Waals surface area (Å²) in [5.41, 5.74) is 1.46. The zero-order chi connectivity index (χ0) is 16.2. The molecule has 1 heterocycles. The van der Waals surface area contributed by atoms with Gasteiger partial charge in [-0.15, -0.1) is 5.10 Å². The number of carbonyl (C=O) groups is 1. The first-order valence-electron chi connectivity index (χ1n) is 6.80. The lowest BCUT2D eigenvalue weighted by molar-refractivity contribution is 0.102. The number of hydrogen-bond acceptors (Lipinski definition) is 4. The van der Waals surface area contributed by atoms with Crippen LogP contribution in [0.5, 0.6) is 5.75 Å². The molecule has 2 aromatic carbocycles. The summed E-state index contributed by atoms with van der Waals surface area (Å²) in [6.45, 7) is 0. The Labute approximate surface area is 137 Å². The van der Waals surface area contributed by atoms with Gasteiger partial charge in [0.25, 0.3) is 5.91 Å². The lowest BCUT2D eigenvalue weighted by Gasteiger charge is -2.07. The van der Waals surface area contributed by atoms with Gasteiger partial charge in [-0.3, -0.25) is 4.79 Å². The molecule has 0 radical (unpaired) electrons. The summed E-state index contributed by atoms with van der Waals surface area (Å²) in [6, 6.07) is 14.4. The quantitative estimate of drug-likeness (QED) is 0.798. The van der Waals surface area contributed by atoms with E-state index >= 15 is 0 Å². The van der Waals surface area contributed by atoms with Crippen LogP contribution in [-0.4, -0.2) is 28.0 Å². The van der Waals surface area contributed by atoms with E-state index in [1.165, 1.54) is 4.68 Å². The molecule has 3 rings (SSSR count). The number of hydrogen-bond donors (Lipinski definition) is 1. The van der Waals surface area contributed by atoms with E-state index in [0.29, 0.717) is 16.5 Å². The Balaban J connectivity index is 1.81. The van der Waals surface area contributed by atoms with E-state index in [2.05, 4.69) is 15.6 Å². The van der Waals surface area contributed by atoms with Crippen LogP contribution in [0, 0.1) is 0 Å². The number of amides is 1. The fraction of sp³-hybridized carbons (Fsp3) is 0.0625. The Morgan fingerprint density at radius 2 is 2.00 bits per heavy atom. The van der Waals surface area contributed by atoms with Crippen molar-refractivity contribution in [3.63, 3.8) is 0 Å². The van der Waals surface area contributed by atoms with Gasteiger partial charge in [-0.2, -0.15) is 0 Å². The number of ether oxygens (including phenoxy) is 1. The second-order valence-electron chi connectivity index (χ2n) is 4.68. The first-order valence-corrected chi connectivity index (χ1v) is 7.18. The third-order valence-electron chi connectivity index (χ3n) is 3.17. The summed E-state index contributed by atoms with van der Waals surface area (Å²) in [7, 11) is 1.54. The van der Waals surface area contributed by atoms with Crippen molar-refractivity contribution in [1.29, 1.82) is 0 Å². The largest absolute Gasteiger partial charge is 0.497 e.